The second-order valence-electron chi connectivity index (χ2n) is 4.06. The SMILES string of the molecule is COc1ccc(CCc2[nH]c(C)nc2Br)cc1F. The number of hydrogen-bond donors (Lipinski definition) is 1. The van der Waals surface area contributed by atoms with E-state index in [1.54, 1.807) is 6.07 Å². The molecule has 3 nitrogen and oxygen atoms in total. The van der Waals surface area contributed by atoms with Crippen LogP contribution in [0.5, 0.6) is 5.75 Å². The molecule has 0 fully saturated rings. The lowest BCUT2D eigenvalue weighted by Gasteiger charge is -2.04. The molecule has 1 N–H and O–H groups in total. The zero-order valence-electron chi connectivity index (χ0n) is 10.3. The molecule has 0 aliphatic heterocycles. The fourth-order valence-corrected chi connectivity index (χ4v) is 2.38. The van der Waals surface area contributed by atoms with Gasteiger partial charge in [0, 0.05) is 5.69 Å². The highest BCUT2D eigenvalue weighted by Gasteiger charge is 2.07. The molecule has 0 amide bonds. The van der Waals surface area contributed by atoms with Crippen LogP contribution in [0, 0.1) is 12.7 Å². The highest BCUT2D eigenvalue weighted by atomic mass is 79.9. The predicted octanol–water partition coefficient (Wildman–Crippen LogP) is 3.41. The van der Waals surface area contributed by atoms with Crippen molar-refractivity contribution in [1.29, 1.82) is 0 Å². The summed E-state index contributed by atoms with van der Waals surface area (Å²) in [4.78, 5) is 7.41. The van der Waals surface area contributed by atoms with Gasteiger partial charge in [-0.1, -0.05) is 6.07 Å². The molecule has 0 aliphatic rings. The number of benzene rings is 1. The maximum atomic E-state index is 13.5. The van der Waals surface area contributed by atoms with Crippen molar-refractivity contribution < 1.29 is 9.13 Å². The molecule has 1 heterocycles. The number of nitrogens with one attached hydrogen (secondary N) is 1. The van der Waals surface area contributed by atoms with Crippen molar-refractivity contribution in [3.05, 3.63) is 45.7 Å². The smallest absolute Gasteiger partial charge is 0.165 e. The van der Waals surface area contributed by atoms with Crippen molar-refractivity contribution in [3.63, 3.8) is 0 Å². The average Bonchev–Trinajstić information content (AvgIpc) is 2.65. The average molecular weight is 313 g/mol. The van der Waals surface area contributed by atoms with Crippen molar-refractivity contribution in [1.82, 2.24) is 9.97 Å². The minimum absolute atomic E-state index is 0.275. The number of rotatable bonds is 4. The fraction of sp³-hybridized carbons (Fsp3) is 0.308. The van der Waals surface area contributed by atoms with E-state index < -0.39 is 0 Å². The van der Waals surface area contributed by atoms with Gasteiger partial charge in [0.25, 0.3) is 0 Å². The molecule has 0 radical (unpaired) electrons. The number of aryl methyl sites for hydroxylation is 3. The Kier molecular flexibility index (Phi) is 4.01. The monoisotopic (exact) mass is 312 g/mol. The van der Waals surface area contributed by atoms with Crippen LogP contribution in [0.1, 0.15) is 17.1 Å². The largest absolute Gasteiger partial charge is 0.494 e. The molecule has 0 unspecified atom stereocenters. The van der Waals surface area contributed by atoms with Crippen molar-refractivity contribution >= 4 is 15.9 Å². The topological polar surface area (TPSA) is 37.9 Å². The van der Waals surface area contributed by atoms with Crippen molar-refractivity contribution in [2.45, 2.75) is 19.8 Å². The first-order valence-electron chi connectivity index (χ1n) is 5.63. The highest BCUT2D eigenvalue weighted by molar-refractivity contribution is 9.10. The van der Waals surface area contributed by atoms with Crippen LogP contribution in [0.15, 0.2) is 22.8 Å². The van der Waals surface area contributed by atoms with Gasteiger partial charge in [0.05, 0.1) is 7.11 Å². The molecule has 0 saturated heterocycles. The first kappa shape index (κ1) is 13.1. The number of methoxy groups -OCH3 is 1. The third kappa shape index (κ3) is 2.90. The number of aromatic nitrogens is 2. The second-order valence-corrected chi connectivity index (χ2v) is 4.81. The molecule has 0 saturated carbocycles. The normalized spacial score (nSPS) is 10.7. The maximum absolute atomic E-state index is 13.5. The molecule has 1 aromatic carbocycles. The molecule has 0 atom stereocenters. The van der Waals surface area contributed by atoms with E-state index >= 15 is 0 Å². The number of ether oxygens (including phenoxy) is 1. The fourth-order valence-electron chi connectivity index (χ4n) is 1.81. The Morgan fingerprint density at radius 3 is 2.72 bits per heavy atom. The van der Waals surface area contributed by atoms with Gasteiger partial charge in [0.2, 0.25) is 0 Å². The summed E-state index contributed by atoms with van der Waals surface area (Å²) in [5, 5.41) is 0. The minimum Gasteiger partial charge on any atom is -0.494 e. The van der Waals surface area contributed by atoms with Gasteiger partial charge in [-0.2, -0.15) is 0 Å². The number of aromatic amines is 1. The first-order valence-corrected chi connectivity index (χ1v) is 6.43. The van der Waals surface area contributed by atoms with Crippen LogP contribution in [-0.4, -0.2) is 17.1 Å². The number of halogens is 2. The Morgan fingerprint density at radius 2 is 2.17 bits per heavy atom. The Labute approximate surface area is 114 Å². The van der Waals surface area contributed by atoms with E-state index in [1.165, 1.54) is 13.2 Å². The van der Waals surface area contributed by atoms with Crippen LogP contribution >= 0.6 is 15.9 Å². The van der Waals surface area contributed by atoms with Gasteiger partial charge in [-0.05, 0) is 53.4 Å². The Bertz CT molecular complexity index is 554. The van der Waals surface area contributed by atoms with Gasteiger partial charge in [-0.15, -0.1) is 0 Å². The van der Waals surface area contributed by atoms with Gasteiger partial charge in [-0.3, -0.25) is 0 Å². The zero-order valence-corrected chi connectivity index (χ0v) is 11.8. The van der Waals surface area contributed by atoms with E-state index in [0.717, 1.165) is 34.5 Å². The van der Waals surface area contributed by atoms with Crippen LogP contribution in [0.4, 0.5) is 4.39 Å². The molecular weight excluding hydrogens is 299 g/mol. The summed E-state index contributed by atoms with van der Waals surface area (Å²) in [5.41, 5.74) is 1.97. The van der Waals surface area contributed by atoms with E-state index in [4.69, 9.17) is 4.74 Å². The van der Waals surface area contributed by atoms with Crippen molar-refractivity contribution in [2.24, 2.45) is 0 Å². The number of imidazole rings is 1. The Hall–Kier alpha value is -1.36. The van der Waals surface area contributed by atoms with E-state index in [1.807, 2.05) is 13.0 Å². The first-order chi connectivity index (χ1) is 8.60. The molecular formula is C13H14BrFN2O. The summed E-state index contributed by atoms with van der Waals surface area (Å²) in [5.74, 6) is 0.824. The number of H-pyrrole nitrogens is 1. The van der Waals surface area contributed by atoms with Gasteiger partial charge in [-0.25, -0.2) is 9.37 Å². The Morgan fingerprint density at radius 1 is 1.39 bits per heavy atom. The lowest BCUT2D eigenvalue weighted by atomic mass is 10.1. The molecule has 96 valence electrons. The third-order valence-electron chi connectivity index (χ3n) is 2.73. The summed E-state index contributed by atoms with van der Waals surface area (Å²) in [6.07, 6.45) is 1.54. The summed E-state index contributed by atoms with van der Waals surface area (Å²) in [6, 6.07) is 5.03. The van der Waals surface area contributed by atoms with Gasteiger partial charge >= 0.3 is 0 Å². The van der Waals surface area contributed by atoms with Crippen molar-refractivity contribution in [3.8, 4) is 5.75 Å². The highest BCUT2D eigenvalue weighted by Crippen LogP contribution is 2.20. The standard InChI is InChI=1S/C13H14BrFN2O/c1-8-16-11(13(14)17-8)5-3-9-4-6-12(18-2)10(15)7-9/h4,6-7H,3,5H2,1-2H3,(H,16,17). The summed E-state index contributed by atoms with van der Waals surface area (Å²) >= 11 is 3.39. The third-order valence-corrected chi connectivity index (χ3v) is 3.38. The second kappa shape index (κ2) is 5.52. The minimum atomic E-state index is -0.324. The molecule has 5 heteroatoms. The number of hydrogen-bond acceptors (Lipinski definition) is 2. The van der Waals surface area contributed by atoms with E-state index in [2.05, 4.69) is 25.9 Å². The molecule has 0 aliphatic carbocycles. The summed E-state index contributed by atoms with van der Waals surface area (Å²) in [7, 11) is 1.46. The van der Waals surface area contributed by atoms with Gasteiger partial charge in [0.1, 0.15) is 10.4 Å². The van der Waals surface area contributed by atoms with Crippen molar-refractivity contribution in [2.75, 3.05) is 7.11 Å². The number of nitrogens with zero attached hydrogens (tertiary/aromatic N) is 1. The van der Waals surface area contributed by atoms with Gasteiger partial charge in [0.15, 0.2) is 11.6 Å². The molecule has 18 heavy (non-hydrogen) atoms. The van der Waals surface area contributed by atoms with Crippen LogP contribution in [0.3, 0.4) is 0 Å². The zero-order chi connectivity index (χ0) is 13.1. The van der Waals surface area contributed by atoms with E-state index in [-0.39, 0.29) is 11.6 Å². The lowest BCUT2D eigenvalue weighted by Crippen LogP contribution is -1.95. The predicted molar refractivity (Wildman–Crippen MR) is 71.4 cm³/mol. The van der Waals surface area contributed by atoms with E-state index in [0.29, 0.717) is 0 Å². The van der Waals surface area contributed by atoms with Crippen LogP contribution in [-0.2, 0) is 12.8 Å². The Balaban J connectivity index is 2.06. The van der Waals surface area contributed by atoms with Crippen LogP contribution in [0.2, 0.25) is 0 Å². The van der Waals surface area contributed by atoms with Crippen LogP contribution in [0.25, 0.3) is 0 Å². The molecule has 0 bridgehead atoms. The van der Waals surface area contributed by atoms with Crippen LogP contribution < -0.4 is 4.74 Å². The molecule has 2 rings (SSSR count). The summed E-state index contributed by atoms with van der Waals surface area (Å²) in [6.45, 7) is 1.90. The maximum Gasteiger partial charge on any atom is 0.165 e. The van der Waals surface area contributed by atoms with E-state index in [9.17, 15) is 4.39 Å². The summed E-state index contributed by atoms with van der Waals surface area (Å²) < 4.78 is 19.2. The molecule has 0 spiro atoms. The quantitative estimate of drug-likeness (QED) is 0.939. The molecule has 2 aromatic rings. The van der Waals surface area contributed by atoms with Gasteiger partial charge < -0.3 is 9.72 Å². The molecule has 1 aromatic heterocycles. The lowest BCUT2D eigenvalue weighted by molar-refractivity contribution is 0.386.